The molecule has 46 heavy (non-hydrogen) atoms. The van der Waals surface area contributed by atoms with Gasteiger partial charge in [0.05, 0.1) is 5.52 Å². The van der Waals surface area contributed by atoms with E-state index in [4.69, 9.17) is 4.98 Å². The highest BCUT2D eigenvalue weighted by atomic mass is 16.4. The Kier molecular flexibility index (Phi) is 12.3. The molecule has 8 heteroatoms. The van der Waals surface area contributed by atoms with Crippen LogP contribution in [0.3, 0.4) is 0 Å². The molecule has 2 amide bonds. The Hall–Kier alpha value is -4.07. The first kappa shape index (κ1) is 33.3. The number of fused-ring (bicyclic) bond motifs is 3. The van der Waals surface area contributed by atoms with E-state index in [0.717, 1.165) is 60.6 Å². The maximum absolute atomic E-state index is 12.1. The number of aromatic amines is 1. The number of unbranched alkanes of at least 4 members (excludes halogenated alkanes) is 9. The second-order valence-electron chi connectivity index (χ2n) is 12.8. The molecule has 0 aliphatic heterocycles. The summed E-state index contributed by atoms with van der Waals surface area (Å²) in [5.74, 6) is -0.0507. The molecule has 1 aliphatic carbocycles. The molecule has 4 N–H and O–H groups in total. The molecule has 0 atom stereocenters. The summed E-state index contributed by atoms with van der Waals surface area (Å²) in [6.07, 6.45) is 18.3. The molecule has 0 saturated carbocycles. The molecule has 0 spiro atoms. The van der Waals surface area contributed by atoms with E-state index in [-0.39, 0.29) is 5.91 Å². The number of aryl methyl sites for hydroxylation is 1. The maximum Gasteiger partial charge on any atom is 0.411 e. The Morgan fingerprint density at radius 2 is 1.59 bits per heavy atom. The predicted molar refractivity (Wildman–Crippen MR) is 189 cm³/mol. The van der Waals surface area contributed by atoms with E-state index in [2.05, 4.69) is 39.9 Å². The molecule has 0 fully saturated rings. The maximum atomic E-state index is 12.1. The van der Waals surface area contributed by atoms with Crippen molar-refractivity contribution >= 4 is 45.2 Å². The highest BCUT2D eigenvalue weighted by Crippen LogP contribution is 2.33. The van der Waals surface area contributed by atoms with Crippen molar-refractivity contribution < 1.29 is 14.7 Å². The zero-order chi connectivity index (χ0) is 32.1. The van der Waals surface area contributed by atoms with Crippen LogP contribution in [-0.2, 0) is 24.1 Å². The van der Waals surface area contributed by atoms with Gasteiger partial charge in [-0.25, -0.2) is 4.79 Å². The van der Waals surface area contributed by atoms with Crippen LogP contribution in [0, 0.1) is 0 Å². The lowest BCUT2D eigenvalue weighted by atomic mass is 9.92. The van der Waals surface area contributed by atoms with E-state index in [9.17, 15) is 14.7 Å². The molecule has 4 aromatic rings. The van der Waals surface area contributed by atoms with Gasteiger partial charge in [-0.05, 0) is 80.3 Å². The molecule has 2 aromatic heterocycles. The van der Waals surface area contributed by atoms with Crippen molar-refractivity contribution in [3.63, 3.8) is 0 Å². The van der Waals surface area contributed by atoms with Crippen molar-refractivity contribution in [3.05, 3.63) is 65.5 Å². The monoisotopic (exact) mass is 625 g/mol. The fraction of sp³-hybridized carbons (Fsp3) is 0.500. The molecule has 0 radical (unpaired) electrons. The van der Waals surface area contributed by atoms with Crippen LogP contribution in [-0.4, -0.2) is 46.7 Å². The van der Waals surface area contributed by atoms with Gasteiger partial charge in [0.25, 0.3) is 0 Å². The predicted octanol–water partition coefficient (Wildman–Crippen LogP) is 8.77. The van der Waals surface area contributed by atoms with Crippen LogP contribution in [0.4, 0.5) is 16.2 Å². The Labute approximate surface area is 273 Å². The van der Waals surface area contributed by atoms with Gasteiger partial charge in [0.15, 0.2) is 0 Å². The number of H-pyrrole nitrogens is 1. The van der Waals surface area contributed by atoms with Gasteiger partial charge in [-0.3, -0.25) is 14.7 Å². The summed E-state index contributed by atoms with van der Waals surface area (Å²) < 4.78 is 0. The number of carboxylic acid groups (broad SMARTS) is 1. The SMILES string of the molecule is CC(=O)NCCc1c[nH]c2ccc(N(CCCCCCCCCCCCNc3c4c(nc5ccccc35)CCCC4)C(=O)O)cc12. The molecule has 0 saturated heterocycles. The number of anilines is 2. The van der Waals surface area contributed by atoms with Crippen LogP contribution in [0.25, 0.3) is 21.8 Å². The standard InChI is InChI=1S/C38H51N5O3/c1-28(44)39-24-22-29-27-41-34-21-20-30(26-33(29)34)43(38(45)46)25-15-9-7-5-3-2-4-6-8-14-23-40-37-31-16-10-12-18-35(31)42-36-19-13-11-17-32(36)37/h10,12,16,18,20-21,26-27,41H,2-9,11,13-15,17,19,22-25H2,1H3,(H,39,44)(H,40,42)(H,45,46). The summed E-state index contributed by atoms with van der Waals surface area (Å²) in [5, 5.41) is 18.8. The first-order chi connectivity index (χ1) is 22.5. The normalized spacial score (nSPS) is 12.7. The summed E-state index contributed by atoms with van der Waals surface area (Å²) in [6, 6.07) is 14.3. The smallest absolute Gasteiger partial charge is 0.411 e. The third-order valence-corrected chi connectivity index (χ3v) is 9.34. The van der Waals surface area contributed by atoms with E-state index in [1.54, 1.807) is 0 Å². The molecule has 1 aliphatic rings. The minimum atomic E-state index is -0.918. The minimum absolute atomic E-state index is 0.0507. The van der Waals surface area contributed by atoms with Crippen LogP contribution in [0.2, 0.25) is 0 Å². The lowest BCUT2D eigenvalue weighted by Gasteiger charge is -2.21. The van der Waals surface area contributed by atoms with E-state index in [0.29, 0.717) is 25.2 Å². The van der Waals surface area contributed by atoms with Crippen molar-refractivity contribution in [1.29, 1.82) is 0 Å². The van der Waals surface area contributed by atoms with Crippen molar-refractivity contribution in [3.8, 4) is 0 Å². The lowest BCUT2D eigenvalue weighted by Crippen LogP contribution is -2.30. The quantitative estimate of drug-likeness (QED) is 0.0827. The van der Waals surface area contributed by atoms with Gasteiger partial charge in [-0.2, -0.15) is 0 Å². The minimum Gasteiger partial charge on any atom is -0.465 e. The number of hydrogen-bond acceptors (Lipinski definition) is 4. The third-order valence-electron chi connectivity index (χ3n) is 9.34. The topological polar surface area (TPSA) is 110 Å². The summed E-state index contributed by atoms with van der Waals surface area (Å²) in [5.41, 5.74) is 7.94. The molecule has 2 heterocycles. The van der Waals surface area contributed by atoms with E-state index < -0.39 is 6.09 Å². The van der Waals surface area contributed by atoms with Crippen LogP contribution >= 0.6 is 0 Å². The molecule has 8 nitrogen and oxygen atoms in total. The van der Waals surface area contributed by atoms with Gasteiger partial charge in [-0.1, -0.05) is 69.6 Å². The highest BCUT2D eigenvalue weighted by molar-refractivity contribution is 5.94. The van der Waals surface area contributed by atoms with E-state index in [1.807, 2.05) is 24.4 Å². The number of pyridine rings is 1. The Balaban J connectivity index is 0.945. The third kappa shape index (κ3) is 9.02. The van der Waals surface area contributed by atoms with Crippen LogP contribution in [0.1, 0.15) is 101 Å². The van der Waals surface area contributed by atoms with Gasteiger partial charge in [0.2, 0.25) is 5.91 Å². The molecule has 5 rings (SSSR count). The number of amides is 2. The summed E-state index contributed by atoms with van der Waals surface area (Å²) >= 11 is 0. The number of carbonyl (C=O) groups excluding carboxylic acids is 1. The number of benzene rings is 2. The number of rotatable bonds is 18. The van der Waals surface area contributed by atoms with Crippen LogP contribution in [0.5, 0.6) is 0 Å². The van der Waals surface area contributed by atoms with Crippen LogP contribution < -0.4 is 15.5 Å². The largest absolute Gasteiger partial charge is 0.465 e. The first-order valence-electron chi connectivity index (χ1n) is 17.5. The number of aromatic nitrogens is 2. The van der Waals surface area contributed by atoms with Crippen molar-refractivity contribution in [2.24, 2.45) is 0 Å². The number of carbonyl (C=O) groups is 2. The lowest BCUT2D eigenvalue weighted by molar-refractivity contribution is -0.118. The molecule has 2 aromatic carbocycles. The molecular formula is C38H51N5O3. The average molecular weight is 626 g/mol. The Morgan fingerprint density at radius 1 is 0.870 bits per heavy atom. The molecule has 0 unspecified atom stereocenters. The fourth-order valence-electron chi connectivity index (χ4n) is 6.85. The van der Waals surface area contributed by atoms with Gasteiger partial charge in [0.1, 0.15) is 0 Å². The number of para-hydroxylation sites is 1. The molecule has 246 valence electrons. The Morgan fingerprint density at radius 3 is 2.35 bits per heavy atom. The summed E-state index contributed by atoms with van der Waals surface area (Å²) in [6.45, 7) is 3.58. The van der Waals surface area contributed by atoms with E-state index in [1.165, 1.54) is 91.9 Å². The summed E-state index contributed by atoms with van der Waals surface area (Å²) in [7, 11) is 0. The van der Waals surface area contributed by atoms with Gasteiger partial charge in [-0.15, -0.1) is 0 Å². The van der Waals surface area contributed by atoms with Gasteiger partial charge in [0, 0.05) is 66.1 Å². The highest BCUT2D eigenvalue weighted by Gasteiger charge is 2.18. The second-order valence-corrected chi connectivity index (χ2v) is 12.8. The first-order valence-corrected chi connectivity index (χ1v) is 17.5. The van der Waals surface area contributed by atoms with Gasteiger partial charge >= 0.3 is 6.09 Å². The van der Waals surface area contributed by atoms with Crippen LogP contribution in [0.15, 0.2) is 48.7 Å². The zero-order valence-corrected chi connectivity index (χ0v) is 27.5. The van der Waals surface area contributed by atoms with E-state index >= 15 is 0 Å². The Bertz CT molecular complexity index is 1600. The second kappa shape index (κ2) is 17.0. The number of nitrogens with zero attached hydrogens (tertiary/aromatic N) is 2. The average Bonchev–Trinajstić information content (AvgIpc) is 3.46. The number of nitrogens with one attached hydrogen (secondary N) is 3. The molecule has 0 bridgehead atoms. The van der Waals surface area contributed by atoms with Crippen molar-refractivity contribution in [1.82, 2.24) is 15.3 Å². The zero-order valence-electron chi connectivity index (χ0n) is 27.5. The summed E-state index contributed by atoms with van der Waals surface area (Å²) in [4.78, 5) is 33.0. The van der Waals surface area contributed by atoms with Crippen molar-refractivity contribution in [2.75, 3.05) is 29.9 Å². The van der Waals surface area contributed by atoms with Crippen molar-refractivity contribution in [2.45, 2.75) is 103 Å². The molecular weight excluding hydrogens is 574 g/mol. The fourth-order valence-corrected chi connectivity index (χ4v) is 6.85. The van der Waals surface area contributed by atoms with Gasteiger partial charge < -0.3 is 20.7 Å². The number of hydrogen-bond donors (Lipinski definition) is 4.